The molecule has 2 rings (SSSR count). The van der Waals surface area contributed by atoms with Gasteiger partial charge in [-0.3, -0.25) is 0 Å². The molecule has 17 heavy (non-hydrogen) atoms. The number of rotatable bonds is 2. The largest absolute Gasteiger partial charge is 0.380 e. The van der Waals surface area contributed by atoms with E-state index in [0.717, 1.165) is 8.95 Å². The average Bonchev–Trinajstić information content (AvgIpc) is 2.26. The zero-order valence-corrected chi connectivity index (χ0v) is 13.2. The van der Waals surface area contributed by atoms with E-state index < -0.39 is 0 Å². The Hall–Kier alpha value is -0.0200. The molecule has 0 aliphatic heterocycles. The molecular formula is C14H19Br2N. The molecule has 1 aliphatic rings. The van der Waals surface area contributed by atoms with Gasteiger partial charge in [-0.15, -0.1) is 0 Å². The number of nitrogens with one attached hydrogen (secondary N) is 1. The van der Waals surface area contributed by atoms with E-state index in [1.165, 1.54) is 50.6 Å². The van der Waals surface area contributed by atoms with Crippen molar-refractivity contribution < 1.29 is 0 Å². The molecule has 0 atom stereocenters. The van der Waals surface area contributed by atoms with Crippen molar-refractivity contribution in [2.24, 2.45) is 0 Å². The zero-order chi connectivity index (χ0) is 12.1. The molecule has 3 heteroatoms. The maximum Gasteiger partial charge on any atom is 0.0631 e. The van der Waals surface area contributed by atoms with Crippen molar-refractivity contribution >= 4 is 37.5 Å². The molecule has 1 N–H and O–H groups in total. The second kappa shape index (κ2) is 6.79. The molecule has 1 aliphatic carbocycles. The number of para-hydroxylation sites is 1. The molecule has 0 heterocycles. The second-order valence-corrected chi connectivity index (χ2v) is 6.49. The van der Waals surface area contributed by atoms with Crippen LogP contribution in [0.25, 0.3) is 0 Å². The Balaban J connectivity index is 2.03. The topological polar surface area (TPSA) is 12.0 Å². The van der Waals surface area contributed by atoms with E-state index in [1.807, 2.05) is 0 Å². The predicted octanol–water partition coefficient (Wildman–Crippen LogP) is 5.74. The number of hydrogen-bond donors (Lipinski definition) is 1. The van der Waals surface area contributed by atoms with E-state index in [1.54, 1.807) is 0 Å². The van der Waals surface area contributed by atoms with Crippen LogP contribution >= 0.6 is 31.9 Å². The molecule has 1 aromatic carbocycles. The van der Waals surface area contributed by atoms with Gasteiger partial charge >= 0.3 is 0 Å². The first kappa shape index (κ1) is 13.4. The lowest BCUT2D eigenvalue weighted by atomic mass is 9.96. The van der Waals surface area contributed by atoms with Crippen LogP contribution in [0.5, 0.6) is 0 Å². The van der Waals surface area contributed by atoms with Gasteiger partial charge in [-0.05, 0) is 56.8 Å². The molecule has 0 unspecified atom stereocenters. The van der Waals surface area contributed by atoms with Crippen molar-refractivity contribution in [3.63, 3.8) is 0 Å². The summed E-state index contributed by atoms with van der Waals surface area (Å²) in [7, 11) is 0. The minimum atomic E-state index is 0.630. The van der Waals surface area contributed by atoms with Crippen molar-refractivity contribution in [2.45, 2.75) is 51.0 Å². The van der Waals surface area contributed by atoms with Crippen LogP contribution in [-0.4, -0.2) is 6.04 Å². The lowest BCUT2D eigenvalue weighted by molar-refractivity contribution is 0.471. The van der Waals surface area contributed by atoms with Crippen molar-refractivity contribution in [3.05, 3.63) is 27.1 Å². The maximum absolute atomic E-state index is 3.69. The van der Waals surface area contributed by atoms with E-state index in [4.69, 9.17) is 0 Å². The van der Waals surface area contributed by atoms with Gasteiger partial charge in [-0.1, -0.05) is 38.2 Å². The van der Waals surface area contributed by atoms with Crippen LogP contribution in [0.15, 0.2) is 27.1 Å². The summed E-state index contributed by atoms with van der Waals surface area (Å²) in [5.74, 6) is 0. The fourth-order valence-electron chi connectivity index (χ4n) is 2.44. The maximum atomic E-state index is 3.69. The Bertz CT molecular complexity index is 337. The number of benzene rings is 1. The normalized spacial score (nSPS) is 18.5. The van der Waals surface area contributed by atoms with Gasteiger partial charge in [0.2, 0.25) is 0 Å². The molecule has 94 valence electrons. The quantitative estimate of drug-likeness (QED) is 0.709. The summed E-state index contributed by atoms with van der Waals surface area (Å²) in [5.41, 5.74) is 1.21. The number of anilines is 1. The summed E-state index contributed by atoms with van der Waals surface area (Å²) in [6, 6.07) is 6.87. The molecule has 0 aromatic heterocycles. The molecule has 1 nitrogen and oxygen atoms in total. The first-order valence-corrected chi connectivity index (χ1v) is 8.06. The van der Waals surface area contributed by atoms with Crippen LogP contribution in [0.1, 0.15) is 44.9 Å². The highest BCUT2D eigenvalue weighted by molar-refractivity contribution is 9.11. The summed E-state index contributed by atoms with van der Waals surface area (Å²) in [6.45, 7) is 0. The van der Waals surface area contributed by atoms with Crippen molar-refractivity contribution in [3.8, 4) is 0 Å². The van der Waals surface area contributed by atoms with Gasteiger partial charge in [0.05, 0.1) is 5.69 Å². The average molecular weight is 361 g/mol. The standard InChI is InChI=1S/C14H19Br2N/c15-12-9-6-10-13(16)14(12)17-11-7-4-2-1-3-5-8-11/h6,9-11,17H,1-5,7-8H2. The minimum absolute atomic E-state index is 0.630. The van der Waals surface area contributed by atoms with Gasteiger partial charge in [0.15, 0.2) is 0 Å². The Morgan fingerprint density at radius 2 is 1.41 bits per heavy atom. The van der Waals surface area contributed by atoms with Crippen LogP contribution in [0, 0.1) is 0 Å². The van der Waals surface area contributed by atoms with Crippen molar-refractivity contribution in [1.29, 1.82) is 0 Å². The van der Waals surface area contributed by atoms with Crippen LogP contribution < -0.4 is 5.32 Å². The summed E-state index contributed by atoms with van der Waals surface area (Å²) in [6.07, 6.45) is 9.54. The van der Waals surface area contributed by atoms with Crippen LogP contribution in [0.3, 0.4) is 0 Å². The SMILES string of the molecule is Brc1cccc(Br)c1NC1CCCCCCC1. The van der Waals surface area contributed by atoms with Gasteiger partial charge in [-0.2, -0.15) is 0 Å². The first-order chi connectivity index (χ1) is 8.27. The van der Waals surface area contributed by atoms with Gasteiger partial charge in [0.25, 0.3) is 0 Å². The van der Waals surface area contributed by atoms with Crippen LogP contribution in [-0.2, 0) is 0 Å². The smallest absolute Gasteiger partial charge is 0.0631 e. The Morgan fingerprint density at radius 1 is 0.882 bits per heavy atom. The van der Waals surface area contributed by atoms with Crippen LogP contribution in [0.4, 0.5) is 5.69 Å². The van der Waals surface area contributed by atoms with Crippen molar-refractivity contribution in [1.82, 2.24) is 0 Å². The minimum Gasteiger partial charge on any atom is -0.380 e. The van der Waals surface area contributed by atoms with E-state index in [-0.39, 0.29) is 0 Å². The highest BCUT2D eigenvalue weighted by Crippen LogP contribution is 2.32. The molecule has 1 saturated carbocycles. The lowest BCUT2D eigenvalue weighted by Gasteiger charge is -2.23. The van der Waals surface area contributed by atoms with Crippen LogP contribution in [0.2, 0.25) is 0 Å². The summed E-state index contributed by atoms with van der Waals surface area (Å²) < 4.78 is 2.29. The molecular weight excluding hydrogens is 342 g/mol. The Labute approximate surface area is 121 Å². The van der Waals surface area contributed by atoms with E-state index in [9.17, 15) is 0 Å². The fourth-order valence-corrected chi connectivity index (χ4v) is 3.67. The first-order valence-electron chi connectivity index (χ1n) is 6.48. The lowest BCUT2D eigenvalue weighted by Crippen LogP contribution is -2.21. The third kappa shape index (κ3) is 3.99. The predicted molar refractivity (Wildman–Crippen MR) is 81.6 cm³/mol. The molecule has 0 saturated heterocycles. The zero-order valence-electron chi connectivity index (χ0n) is 10.0. The molecule has 1 aromatic rings. The highest BCUT2D eigenvalue weighted by Gasteiger charge is 2.13. The highest BCUT2D eigenvalue weighted by atomic mass is 79.9. The van der Waals surface area contributed by atoms with E-state index in [2.05, 4.69) is 55.4 Å². The Morgan fingerprint density at radius 3 is 2.00 bits per heavy atom. The van der Waals surface area contributed by atoms with Gasteiger partial charge in [0, 0.05) is 15.0 Å². The third-order valence-electron chi connectivity index (χ3n) is 3.42. The summed E-state index contributed by atoms with van der Waals surface area (Å²) in [5, 5.41) is 3.69. The summed E-state index contributed by atoms with van der Waals surface area (Å²) in [4.78, 5) is 0. The van der Waals surface area contributed by atoms with E-state index >= 15 is 0 Å². The molecule has 0 bridgehead atoms. The molecule has 0 radical (unpaired) electrons. The van der Waals surface area contributed by atoms with Gasteiger partial charge < -0.3 is 5.32 Å². The Kier molecular flexibility index (Phi) is 5.36. The molecule has 0 amide bonds. The van der Waals surface area contributed by atoms with Gasteiger partial charge in [-0.25, -0.2) is 0 Å². The van der Waals surface area contributed by atoms with E-state index in [0.29, 0.717) is 6.04 Å². The second-order valence-electron chi connectivity index (χ2n) is 4.78. The summed E-state index contributed by atoms with van der Waals surface area (Å²) >= 11 is 7.23. The van der Waals surface area contributed by atoms with Gasteiger partial charge in [0.1, 0.15) is 0 Å². The van der Waals surface area contributed by atoms with Crippen molar-refractivity contribution in [2.75, 3.05) is 5.32 Å². The third-order valence-corrected chi connectivity index (χ3v) is 4.74. The monoisotopic (exact) mass is 359 g/mol. The number of halogens is 2. The molecule has 0 spiro atoms. The number of hydrogen-bond acceptors (Lipinski definition) is 1. The fraction of sp³-hybridized carbons (Fsp3) is 0.571. The molecule has 1 fully saturated rings.